The highest BCUT2D eigenvalue weighted by Crippen LogP contribution is 2.14. The van der Waals surface area contributed by atoms with Crippen LogP contribution in [0.4, 0.5) is 11.5 Å². The maximum atomic E-state index is 11.1. The number of nitrogen functional groups attached to an aromatic ring is 1. The zero-order valence-corrected chi connectivity index (χ0v) is 9.07. The van der Waals surface area contributed by atoms with Gasteiger partial charge in [-0.15, -0.1) is 0 Å². The van der Waals surface area contributed by atoms with E-state index in [9.17, 15) is 4.79 Å². The van der Waals surface area contributed by atoms with Crippen molar-refractivity contribution in [1.82, 2.24) is 4.98 Å². The van der Waals surface area contributed by atoms with Gasteiger partial charge in [0, 0.05) is 18.0 Å². The lowest BCUT2D eigenvalue weighted by molar-refractivity contribution is -0.141. The van der Waals surface area contributed by atoms with Gasteiger partial charge in [0.1, 0.15) is 11.9 Å². The van der Waals surface area contributed by atoms with Crippen LogP contribution in [0.2, 0.25) is 0 Å². The van der Waals surface area contributed by atoms with Crippen molar-refractivity contribution in [1.29, 1.82) is 0 Å². The number of rotatable bonds is 3. The van der Waals surface area contributed by atoms with Gasteiger partial charge in [0.05, 0.1) is 7.11 Å². The number of hydrogen-bond donors (Lipinski definition) is 2. The van der Waals surface area contributed by atoms with Gasteiger partial charge in [-0.1, -0.05) is 0 Å². The molecule has 0 saturated carbocycles. The van der Waals surface area contributed by atoms with Gasteiger partial charge in [-0.05, 0) is 19.4 Å². The van der Waals surface area contributed by atoms with Gasteiger partial charge in [-0.3, -0.25) is 0 Å². The summed E-state index contributed by atoms with van der Waals surface area (Å²) < 4.78 is 4.58. The highest BCUT2D eigenvalue weighted by atomic mass is 16.5. The maximum absolute atomic E-state index is 11.1. The molecule has 0 aromatic carbocycles. The number of methoxy groups -OCH3 is 1. The number of nitrogens with zero attached hydrogens (tertiary/aromatic N) is 1. The van der Waals surface area contributed by atoms with Crippen molar-refractivity contribution in [3.8, 4) is 0 Å². The molecule has 0 amide bonds. The van der Waals surface area contributed by atoms with Crippen LogP contribution in [0.25, 0.3) is 0 Å². The Morgan fingerprint density at radius 3 is 2.87 bits per heavy atom. The number of pyridine rings is 1. The molecule has 0 aliphatic rings. The van der Waals surface area contributed by atoms with Crippen LogP contribution in [0.15, 0.2) is 12.3 Å². The molecule has 5 nitrogen and oxygen atoms in total. The molecule has 1 atom stereocenters. The molecule has 0 fully saturated rings. The summed E-state index contributed by atoms with van der Waals surface area (Å²) in [5.41, 5.74) is 7.26. The van der Waals surface area contributed by atoms with Crippen LogP contribution in [0.5, 0.6) is 0 Å². The monoisotopic (exact) mass is 209 g/mol. The second-order valence-corrected chi connectivity index (χ2v) is 3.32. The molecule has 0 bridgehead atoms. The minimum Gasteiger partial charge on any atom is -0.467 e. The first-order valence-electron chi connectivity index (χ1n) is 4.61. The first kappa shape index (κ1) is 11.3. The van der Waals surface area contributed by atoms with E-state index in [2.05, 4.69) is 15.0 Å². The van der Waals surface area contributed by atoms with Crippen LogP contribution in [-0.2, 0) is 9.53 Å². The standard InChI is InChI=1S/C10H15N3O2/c1-6-5-12-9(4-8(6)11)13-7(2)10(14)15-3/h4-5,7H,1-3H3,(H3,11,12,13). The van der Waals surface area contributed by atoms with E-state index in [1.165, 1.54) is 7.11 Å². The molecule has 5 heteroatoms. The number of esters is 1. The van der Waals surface area contributed by atoms with E-state index in [-0.39, 0.29) is 5.97 Å². The van der Waals surface area contributed by atoms with E-state index in [1.54, 1.807) is 19.2 Å². The van der Waals surface area contributed by atoms with Crippen molar-refractivity contribution < 1.29 is 9.53 Å². The Bertz CT molecular complexity index is 366. The van der Waals surface area contributed by atoms with Crippen LogP contribution >= 0.6 is 0 Å². The fourth-order valence-electron chi connectivity index (χ4n) is 1.08. The zero-order chi connectivity index (χ0) is 11.4. The average Bonchev–Trinajstić information content (AvgIpc) is 2.22. The summed E-state index contributed by atoms with van der Waals surface area (Å²) in [5, 5.41) is 2.89. The molecule has 15 heavy (non-hydrogen) atoms. The largest absolute Gasteiger partial charge is 0.467 e. The molecule has 0 aliphatic carbocycles. The number of nitrogens with one attached hydrogen (secondary N) is 1. The third-order valence-corrected chi connectivity index (χ3v) is 2.06. The maximum Gasteiger partial charge on any atom is 0.328 e. The van der Waals surface area contributed by atoms with Gasteiger partial charge < -0.3 is 15.8 Å². The summed E-state index contributed by atoms with van der Waals surface area (Å²) in [4.78, 5) is 15.2. The van der Waals surface area contributed by atoms with Crippen LogP contribution < -0.4 is 11.1 Å². The second kappa shape index (κ2) is 4.63. The fraction of sp³-hybridized carbons (Fsp3) is 0.400. The number of anilines is 2. The normalized spacial score (nSPS) is 11.9. The molecule has 3 N–H and O–H groups in total. The van der Waals surface area contributed by atoms with Crippen LogP contribution in [0.3, 0.4) is 0 Å². The lowest BCUT2D eigenvalue weighted by Crippen LogP contribution is -2.27. The van der Waals surface area contributed by atoms with Gasteiger partial charge in [-0.25, -0.2) is 9.78 Å². The Morgan fingerprint density at radius 2 is 2.33 bits per heavy atom. The Kier molecular flexibility index (Phi) is 3.49. The van der Waals surface area contributed by atoms with Gasteiger partial charge in [-0.2, -0.15) is 0 Å². The van der Waals surface area contributed by atoms with Crippen molar-refractivity contribution in [3.63, 3.8) is 0 Å². The first-order valence-corrected chi connectivity index (χ1v) is 4.61. The van der Waals surface area contributed by atoms with Crippen molar-refractivity contribution in [3.05, 3.63) is 17.8 Å². The lowest BCUT2D eigenvalue weighted by atomic mass is 10.2. The lowest BCUT2D eigenvalue weighted by Gasteiger charge is -2.12. The molecule has 0 aliphatic heterocycles. The van der Waals surface area contributed by atoms with Crippen molar-refractivity contribution >= 4 is 17.5 Å². The fourth-order valence-corrected chi connectivity index (χ4v) is 1.08. The van der Waals surface area contributed by atoms with Crippen molar-refractivity contribution in [2.45, 2.75) is 19.9 Å². The molecule has 1 aromatic rings. The predicted molar refractivity (Wildman–Crippen MR) is 58.5 cm³/mol. The SMILES string of the molecule is COC(=O)C(C)Nc1cc(N)c(C)cn1. The molecular weight excluding hydrogens is 194 g/mol. The number of carbonyl (C=O) groups is 1. The molecule has 0 spiro atoms. The Balaban J connectivity index is 2.73. The van der Waals surface area contributed by atoms with E-state index in [4.69, 9.17) is 5.73 Å². The van der Waals surface area contributed by atoms with Gasteiger partial charge >= 0.3 is 5.97 Å². The second-order valence-electron chi connectivity index (χ2n) is 3.32. The zero-order valence-electron chi connectivity index (χ0n) is 9.07. The average molecular weight is 209 g/mol. The first-order chi connectivity index (χ1) is 7.04. The molecular formula is C10H15N3O2. The summed E-state index contributed by atoms with van der Waals surface area (Å²) in [6.45, 7) is 3.57. The van der Waals surface area contributed by atoms with Crippen LogP contribution in [0, 0.1) is 6.92 Å². The van der Waals surface area contributed by atoms with Crippen molar-refractivity contribution in [2.24, 2.45) is 0 Å². The molecule has 0 radical (unpaired) electrons. The number of ether oxygens (including phenoxy) is 1. The molecule has 1 aromatic heterocycles. The molecule has 1 heterocycles. The number of aromatic nitrogens is 1. The summed E-state index contributed by atoms with van der Waals surface area (Å²) >= 11 is 0. The molecule has 82 valence electrons. The number of nitrogens with two attached hydrogens (primary N) is 1. The Hall–Kier alpha value is -1.78. The van der Waals surface area contributed by atoms with Gasteiger partial charge in [0.15, 0.2) is 0 Å². The van der Waals surface area contributed by atoms with Crippen LogP contribution in [0.1, 0.15) is 12.5 Å². The number of carbonyl (C=O) groups excluding carboxylic acids is 1. The number of hydrogen-bond acceptors (Lipinski definition) is 5. The Morgan fingerprint density at radius 1 is 1.67 bits per heavy atom. The van der Waals surface area contributed by atoms with Gasteiger partial charge in [0.2, 0.25) is 0 Å². The van der Waals surface area contributed by atoms with E-state index in [1.807, 2.05) is 6.92 Å². The molecule has 0 saturated heterocycles. The van der Waals surface area contributed by atoms with E-state index in [0.717, 1.165) is 5.56 Å². The van der Waals surface area contributed by atoms with Gasteiger partial charge in [0.25, 0.3) is 0 Å². The third kappa shape index (κ3) is 2.83. The highest BCUT2D eigenvalue weighted by molar-refractivity contribution is 5.78. The predicted octanol–water partition coefficient (Wildman–Crippen LogP) is 0.946. The van der Waals surface area contributed by atoms with E-state index in [0.29, 0.717) is 11.5 Å². The molecule has 1 unspecified atom stereocenters. The summed E-state index contributed by atoms with van der Waals surface area (Å²) in [6, 6.07) is 1.25. The third-order valence-electron chi connectivity index (χ3n) is 2.06. The summed E-state index contributed by atoms with van der Waals surface area (Å²) in [5.74, 6) is 0.229. The minimum atomic E-state index is -0.440. The summed E-state index contributed by atoms with van der Waals surface area (Å²) in [7, 11) is 1.34. The van der Waals surface area contributed by atoms with Crippen LogP contribution in [-0.4, -0.2) is 24.1 Å². The Labute approximate surface area is 88.6 Å². The van der Waals surface area contributed by atoms with E-state index >= 15 is 0 Å². The highest BCUT2D eigenvalue weighted by Gasteiger charge is 2.13. The molecule has 1 rings (SSSR count). The summed E-state index contributed by atoms with van der Waals surface area (Å²) in [6.07, 6.45) is 1.65. The number of aryl methyl sites for hydroxylation is 1. The van der Waals surface area contributed by atoms with E-state index < -0.39 is 6.04 Å². The topological polar surface area (TPSA) is 77.2 Å². The van der Waals surface area contributed by atoms with Crippen molar-refractivity contribution in [2.75, 3.05) is 18.2 Å². The smallest absolute Gasteiger partial charge is 0.328 e. The quantitative estimate of drug-likeness (QED) is 0.724. The minimum absolute atomic E-state index is 0.337.